The minimum absolute atomic E-state index is 0.0149. The SMILES string of the molecule is CC(C)c1ccc(NC(=O)CC(=O)Nc2cccc(C(F)(F)F)c2)cc1. The van der Waals surface area contributed by atoms with Gasteiger partial charge in [0.15, 0.2) is 0 Å². The Morgan fingerprint density at radius 2 is 1.50 bits per heavy atom. The number of halogens is 3. The average molecular weight is 364 g/mol. The van der Waals surface area contributed by atoms with Gasteiger partial charge in [-0.3, -0.25) is 9.59 Å². The van der Waals surface area contributed by atoms with Crippen LogP contribution in [-0.4, -0.2) is 11.8 Å². The second kappa shape index (κ2) is 8.03. The minimum atomic E-state index is -4.50. The number of amides is 2. The number of rotatable bonds is 5. The highest BCUT2D eigenvalue weighted by Crippen LogP contribution is 2.30. The topological polar surface area (TPSA) is 58.2 Å². The van der Waals surface area contributed by atoms with E-state index in [0.717, 1.165) is 17.7 Å². The van der Waals surface area contributed by atoms with E-state index in [0.29, 0.717) is 11.6 Å². The van der Waals surface area contributed by atoms with Crippen LogP contribution in [0.3, 0.4) is 0 Å². The molecule has 0 aliphatic carbocycles. The van der Waals surface area contributed by atoms with E-state index in [2.05, 4.69) is 10.6 Å². The lowest BCUT2D eigenvalue weighted by atomic mass is 10.0. The van der Waals surface area contributed by atoms with Crippen molar-refractivity contribution in [2.24, 2.45) is 0 Å². The summed E-state index contributed by atoms with van der Waals surface area (Å²) in [6.45, 7) is 4.09. The number of nitrogens with one attached hydrogen (secondary N) is 2. The molecule has 0 spiro atoms. The summed E-state index contributed by atoms with van der Waals surface area (Å²) >= 11 is 0. The van der Waals surface area contributed by atoms with Crippen molar-refractivity contribution in [2.45, 2.75) is 32.4 Å². The molecule has 138 valence electrons. The molecule has 0 fully saturated rings. The molecule has 0 unspecified atom stereocenters. The van der Waals surface area contributed by atoms with Gasteiger partial charge in [0.05, 0.1) is 5.56 Å². The molecule has 0 heterocycles. The van der Waals surface area contributed by atoms with Crippen molar-refractivity contribution >= 4 is 23.2 Å². The zero-order valence-electron chi connectivity index (χ0n) is 14.4. The van der Waals surface area contributed by atoms with Gasteiger partial charge in [0.25, 0.3) is 0 Å². The molecule has 0 saturated carbocycles. The summed E-state index contributed by atoms with van der Waals surface area (Å²) in [5.74, 6) is -0.884. The molecule has 0 aromatic heterocycles. The number of benzene rings is 2. The van der Waals surface area contributed by atoms with Gasteiger partial charge < -0.3 is 10.6 Å². The van der Waals surface area contributed by atoms with Crippen LogP contribution in [0.5, 0.6) is 0 Å². The van der Waals surface area contributed by atoms with Crippen LogP contribution in [0.2, 0.25) is 0 Å². The van der Waals surface area contributed by atoms with Gasteiger partial charge in [-0.15, -0.1) is 0 Å². The Hall–Kier alpha value is -2.83. The summed E-state index contributed by atoms with van der Waals surface area (Å²) in [7, 11) is 0. The Morgan fingerprint density at radius 3 is 2.04 bits per heavy atom. The van der Waals surface area contributed by atoms with Crippen LogP contribution in [0.1, 0.15) is 37.3 Å². The first-order valence-corrected chi connectivity index (χ1v) is 8.02. The van der Waals surface area contributed by atoms with Crippen molar-refractivity contribution in [1.29, 1.82) is 0 Å². The fourth-order valence-electron chi connectivity index (χ4n) is 2.28. The lowest BCUT2D eigenvalue weighted by Gasteiger charge is -2.10. The zero-order chi connectivity index (χ0) is 19.3. The predicted octanol–water partition coefficient (Wildman–Crippen LogP) is 4.80. The molecule has 2 aromatic rings. The number of hydrogen-bond acceptors (Lipinski definition) is 2. The Bertz CT molecular complexity index is 784. The number of alkyl halides is 3. The van der Waals surface area contributed by atoms with Gasteiger partial charge in [-0.25, -0.2) is 0 Å². The largest absolute Gasteiger partial charge is 0.416 e. The van der Waals surface area contributed by atoms with Crippen LogP contribution in [0.15, 0.2) is 48.5 Å². The smallest absolute Gasteiger partial charge is 0.326 e. The van der Waals surface area contributed by atoms with Crippen molar-refractivity contribution in [1.82, 2.24) is 0 Å². The Balaban J connectivity index is 1.92. The summed E-state index contributed by atoms with van der Waals surface area (Å²) in [5, 5.41) is 4.88. The molecule has 0 bridgehead atoms. The fraction of sp³-hybridized carbons (Fsp3) is 0.263. The normalized spacial score (nSPS) is 11.3. The first-order valence-electron chi connectivity index (χ1n) is 8.02. The molecule has 26 heavy (non-hydrogen) atoms. The molecular weight excluding hydrogens is 345 g/mol. The highest BCUT2D eigenvalue weighted by Gasteiger charge is 2.30. The minimum Gasteiger partial charge on any atom is -0.326 e. The molecule has 2 rings (SSSR count). The lowest BCUT2D eigenvalue weighted by molar-refractivity contribution is -0.137. The van der Waals surface area contributed by atoms with Crippen molar-refractivity contribution < 1.29 is 22.8 Å². The summed E-state index contributed by atoms with van der Waals surface area (Å²) in [5.41, 5.74) is 0.778. The molecule has 0 aliphatic rings. The molecule has 0 saturated heterocycles. The molecule has 2 N–H and O–H groups in total. The monoisotopic (exact) mass is 364 g/mol. The maximum absolute atomic E-state index is 12.7. The quantitative estimate of drug-likeness (QED) is 0.749. The third-order valence-electron chi connectivity index (χ3n) is 3.66. The highest BCUT2D eigenvalue weighted by molar-refractivity contribution is 6.08. The molecular formula is C19H19F3N2O2. The number of anilines is 2. The Labute approximate surface area is 149 Å². The predicted molar refractivity (Wildman–Crippen MR) is 93.9 cm³/mol. The van der Waals surface area contributed by atoms with Crippen LogP contribution in [0.4, 0.5) is 24.5 Å². The van der Waals surface area contributed by atoms with Gasteiger partial charge in [0.2, 0.25) is 11.8 Å². The molecule has 2 amide bonds. The van der Waals surface area contributed by atoms with Crippen molar-refractivity contribution in [3.05, 3.63) is 59.7 Å². The van der Waals surface area contributed by atoms with E-state index in [1.165, 1.54) is 12.1 Å². The van der Waals surface area contributed by atoms with Crippen LogP contribution in [-0.2, 0) is 15.8 Å². The standard InChI is InChI=1S/C19H19F3N2O2/c1-12(2)13-6-8-15(9-7-13)23-17(25)11-18(26)24-16-5-3-4-14(10-16)19(20,21)22/h3-10,12H,11H2,1-2H3,(H,23,25)(H,24,26). The summed E-state index contributed by atoms with van der Waals surface area (Å²) in [6.07, 6.45) is -5.00. The second-order valence-corrected chi connectivity index (χ2v) is 6.13. The maximum Gasteiger partial charge on any atom is 0.416 e. The van der Waals surface area contributed by atoms with E-state index < -0.39 is 30.0 Å². The molecule has 2 aromatic carbocycles. The summed E-state index contributed by atoms with van der Waals surface area (Å²) < 4.78 is 38.0. The number of hydrogen-bond donors (Lipinski definition) is 2. The number of carbonyl (C=O) groups is 2. The summed E-state index contributed by atoms with van der Waals surface area (Å²) in [6, 6.07) is 11.5. The van der Waals surface area contributed by atoms with Gasteiger partial charge in [0.1, 0.15) is 6.42 Å². The third-order valence-corrected chi connectivity index (χ3v) is 3.66. The van der Waals surface area contributed by atoms with E-state index in [1.54, 1.807) is 12.1 Å². The van der Waals surface area contributed by atoms with E-state index in [4.69, 9.17) is 0 Å². The first kappa shape index (κ1) is 19.5. The summed E-state index contributed by atoms with van der Waals surface area (Å²) in [4.78, 5) is 23.8. The Kier molecular flexibility index (Phi) is 6.02. The van der Waals surface area contributed by atoms with E-state index in [9.17, 15) is 22.8 Å². The van der Waals surface area contributed by atoms with Gasteiger partial charge in [-0.2, -0.15) is 13.2 Å². The van der Waals surface area contributed by atoms with Gasteiger partial charge in [-0.05, 0) is 41.8 Å². The van der Waals surface area contributed by atoms with Gasteiger partial charge in [0, 0.05) is 11.4 Å². The van der Waals surface area contributed by atoms with Gasteiger partial charge >= 0.3 is 6.18 Å². The van der Waals surface area contributed by atoms with E-state index >= 15 is 0 Å². The Morgan fingerprint density at radius 1 is 0.923 bits per heavy atom. The molecule has 0 aliphatic heterocycles. The van der Waals surface area contributed by atoms with E-state index in [-0.39, 0.29) is 5.69 Å². The van der Waals surface area contributed by atoms with Crippen molar-refractivity contribution in [3.63, 3.8) is 0 Å². The second-order valence-electron chi connectivity index (χ2n) is 6.13. The first-order chi connectivity index (χ1) is 12.1. The van der Waals surface area contributed by atoms with Crippen LogP contribution in [0, 0.1) is 0 Å². The average Bonchev–Trinajstić information content (AvgIpc) is 2.54. The molecule has 0 radical (unpaired) electrons. The lowest BCUT2D eigenvalue weighted by Crippen LogP contribution is -2.21. The van der Waals surface area contributed by atoms with Crippen molar-refractivity contribution in [2.75, 3.05) is 10.6 Å². The fourth-order valence-corrected chi connectivity index (χ4v) is 2.28. The van der Waals surface area contributed by atoms with Crippen molar-refractivity contribution in [3.8, 4) is 0 Å². The highest BCUT2D eigenvalue weighted by atomic mass is 19.4. The maximum atomic E-state index is 12.7. The molecule has 4 nitrogen and oxygen atoms in total. The van der Waals surface area contributed by atoms with Crippen LogP contribution >= 0.6 is 0 Å². The van der Waals surface area contributed by atoms with Gasteiger partial charge in [-0.1, -0.05) is 32.0 Å². The van der Waals surface area contributed by atoms with E-state index in [1.807, 2.05) is 26.0 Å². The third kappa shape index (κ3) is 5.61. The zero-order valence-corrected chi connectivity index (χ0v) is 14.4. The molecule has 7 heteroatoms. The molecule has 0 atom stereocenters. The number of carbonyl (C=O) groups excluding carboxylic acids is 2. The van der Waals surface area contributed by atoms with Crippen LogP contribution in [0.25, 0.3) is 0 Å². The van der Waals surface area contributed by atoms with Crippen LogP contribution < -0.4 is 10.6 Å².